The van der Waals surface area contributed by atoms with Crippen molar-refractivity contribution in [1.82, 2.24) is 24.8 Å². The Bertz CT molecular complexity index is 781. The minimum absolute atomic E-state index is 0.185. The van der Waals surface area contributed by atoms with Crippen molar-refractivity contribution < 1.29 is 4.79 Å². The van der Waals surface area contributed by atoms with Crippen LogP contribution in [-0.4, -0.2) is 31.5 Å². The van der Waals surface area contributed by atoms with Gasteiger partial charge in [0, 0.05) is 24.0 Å². The lowest BCUT2D eigenvalue weighted by Crippen LogP contribution is -2.19. The first-order valence-electron chi connectivity index (χ1n) is 5.46. The summed E-state index contributed by atoms with van der Waals surface area (Å²) in [4.78, 5) is 24.3. The number of thiazole rings is 1. The third-order valence-corrected chi connectivity index (χ3v) is 3.44. The summed E-state index contributed by atoms with van der Waals surface area (Å²) in [6.07, 6.45) is 7.53. The molecule has 0 saturated heterocycles. The number of carbonyl (C=O) groups excluding carboxylic acids is 1. The zero-order valence-corrected chi connectivity index (χ0v) is 11.5. The second-order valence-electron chi connectivity index (χ2n) is 3.63. The van der Waals surface area contributed by atoms with Crippen LogP contribution in [0.15, 0.2) is 35.3 Å². The lowest BCUT2D eigenvalue weighted by atomic mass is 10.4. The van der Waals surface area contributed by atoms with Gasteiger partial charge >= 0.3 is 0 Å². The molecule has 0 aliphatic carbocycles. The summed E-state index contributed by atoms with van der Waals surface area (Å²) in [6.45, 7) is 0. The minimum Gasteiger partial charge on any atom is -0.288 e. The number of nitrogens with one attached hydrogen (secondary N) is 1. The van der Waals surface area contributed by atoms with Crippen LogP contribution in [0.1, 0.15) is 16.2 Å². The molecule has 7 nitrogen and oxygen atoms in total. The van der Waals surface area contributed by atoms with Gasteiger partial charge in [-0.25, -0.2) is 15.4 Å². The molecule has 3 aromatic rings. The molecule has 20 heavy (non-hydrogen) atoms. The maximum Gasteiger partial charge on any atom is 0.291 e. The Morgan fingerprint density at radius 3 is 3.20 bits per heavy atom. The van der Waals surface area contributed by atoms with Crippen LogP contribution in [0.3, 0.4) is 0 Å². The molecule has 0 saturated carbocycles. The van der Waals surface area contributed by atoms with E-state index in [0.717, 1.165) is 4.96 Å². The highest BCUT2D eigenvalue weighted by atomic mass is 35.5. The summed E-state index contributed by atoms with van der Waals surface area (Å²) in [5.74, 6) is -0.448. The number of rotatable bonds is 3. The van der Waals surface area contributed by atoms with E-state index in [1.807, 2.05) is 11.6 Å². The number of amides is 1. The number of imidazole rings is 1. The number of aromatic nitrogens is 4. The Morgan fingerprint density at radius 2 is 2.40 bits per heavy atom. The van der Waals surface area contributed by atoms with E-state index in [4.69, 9.17) is 11.6 Å². The fourth-order valence-corrected chi connectivity index (χ4v) is 2.51. The van der Waals surface area contributed by atoms with Gasteiger partial charge in [0.25, 0.3) is 5.91 Å². The van der Waals surface area contributed by atoms with Crippen LogP contribution < -0.4 is 5.43 Å². The summed E-state index contributed by atoms with van der Waals surface area (Å²) in [7, 11) is 0. The fourth-order valence-electron chi connectivity index (χ4n) is 1.52. The maximum absolute atomic E-state index is 11.7. The number of hydrazone groups is 1. The lowest BCUT2D eigenvalue weighted by Gasteiger charge is -1.97. The normalized spacial score (nSPS) is 11.2. The Kier molecular flexibility index (Phi) is 3.40. The van der Waals surface area contributed by atoms with Gasteiger partial charge in [0.15, 0.2) is 10.1 Å². The highest BCUT2D eigenvalue weighted by Crippen LogP contribution is 2.19. The Balaban J connectivity index is 1.76. The first-order valence-corrected chi connectivity index (χ1v) is 6.72. The molecule has 0 radical (unpaired) electrons. The van der Waals surface area contributed by atoms with Crippen molar-refractivity contribution in [2.45, 2.75) is 0 Å². The van der Waals surface area contributed by atoms with Gasteiger partial charge in [0.1, 0.15) is 11.4 Å². The van der Waals surface area contributed by atoms with Gasteiger partial charge in [-0.15, -0.1) is 11.3 Å². The van der Waals surface area contributed by atoms with E-state index in [2.05, 4.69) is 25.5 Å². The molecule has 1 amide bonds. The molecule has 0 aliphatic rings. The molecule has 0 fully saturated rings. The van der Waals surface area contributed by atoms with Gasteiger partial charge in [-0.2, -0.15) is 5.10 Å². The highest BCUT2D eigenvalue weighted by Gasteiger charge is 2.09. The van der Waals surface area contributed by atoms with Crippen LogP contribution in [0.4, 0.5) is 0 Å². The topological polar surface area (TPSA) is 84.5 Å². The van der Waals surface area contributed by atoms with Crippen molar-refractivity contribution in [1.29, 1.82) is 0 Å². The number of fused-ring (bicyclic) bond motifs is 1. The van der Waals surface area contributed by atoms with E-state index < -0.39 is 5.91 Å². The first kappa shape index (κ1) is 12.7. The van der Waals surface area contributed by atoms with Gasteiger partial charge in [0.2, 0.25) is 0 Å². The van der Waals surface area contributed by atoms with Gasteiger partial charge in [0.05, 0.1) is 12.4 Å². The molecule has 0 spiro atoms. The summed E-state index contributed by atoms with van der Waals surface area (Å²) in [5.41, 5.74) is 3.14. The number of hydrogen-bond donors (Lipinski definition) is 1. The molecule has 0 aromatic carbocycles. The van der Waals surface area contributed by atoms with E-state index >= 15 is 0 Å². The monoisotopic (exact) mass is 306 g/mol. The standard InChI is InChI=1S/C11H7ClN6OS/c12-9-8(18-3-4-20-11(18)16-9)6-15-17-10(19)7-5-13-1-2-14-7/h1-6H,(H,17,19)/b15-6-. The zero-order chi connectivity index (χ0) is 13.9. The molecular weight excluding hydrogens is 300 g/mol. The summed E-state index contributed by atoms with van der Waals surface area (Å²) in [5, 5.41) is 6.06. The molecule has 3 heterocycles. The number of carbonyl (C=O) groups is 1. The third-order valence-electron chi connectivity index (χ3n) is 2.40. The van der Waals surface area contributed by atoms with Gasteiger partial charge in [-0.05, 0) is 0 Å². The van der Waals surface area contributed by atoms with Gasteiger partial charge in [-0.3, -0.25) is 14.2 Å². The number of hydrogen-bond acceptors (Lipinski definition) is 6. The highest BCUT2D eigenvalue weighted by molar-refractivity contribution is 7.15. The van der Waals surface area contributed by atoms with Crippen molar-refractivity contribution in [3.05, 3.63) is 46.7 Å². The SMILES string of the molecule is O=C(N/N=C\c1c(Cl)nc2sccn12)c1cnccn1. The molecule has 3 rings (SSSR count). The summed E-state index contributed by atoms with van der Waals surface area (Å²) >= 11 is 7.45. The average Bonchev–Trinajstić information content (AvgIpc) is 3.02. The van der Waals surface area contributed by atoms with Crippen molar-refractivity contribution in [3.8, 4) is 0 Å². The molecule has 0 aliphatic heterocycles. The van der Waals surface area contributed by atoms with E-state index in [9.17, 15) is 4.79 Å². The molecule has 1 N–H and O–H groups in total. The van der Waals surface area contributed by atoms with Crippen molar-refractivity contribution >= 4 is 40.0 Å². The van der Waals surface area contributed by atoms with Crippen LogP contribution >= 0.6 is 22.9 Å². The second kappa shape index (κ2) is 5.35. The number of halogens is 1. The smallest absolute Gasteiger partial charge is 0.288 e. The Hall–Kier alpha value is -2.32. The molecular formula is C11H7ClN6OS. The van der Waals surface area contributed by atoms with Crippen LogP contribution in [0.2, 0.25) is 5.15 Å². The van der Waals surface area contributed by atoms with Crippen LogP contribution in [-0.2, 0) is 0 Å². The van der Waals surface area contributed by atoms with E-state index in [1.54, 1.807) is 4.40 Å². The molecule has 0 bridgehead atoms. The third kappa shape index (κ3) is 2.38. The fraction of sp³-hybridized carbons (Fsp3) is 0. The first-order chi connectivity index (χ1) is 9.75. The van der Waals surface area contributed by atoms with E-state index in [-0.39, 0.29) is 5.69 Å². The second-order valence-corrected chi connectivity index (χ2v) is 4.86. The van der Waals surface area contributed by atoms with E-state index in [0.29, 0.717) is 10.8 Å². The molecule has 0 atom stereocenters. The van der Waals surface area contributed by atoms with Crippen molar-refractivity contribution in [2.24, 2.45) is 5.10 Å². The van der Waals surface area contributed by atoms with Crippen molar-refractivity contribution in [2.75, 3.05) is 0 Å². The maximum atomic E-state index is 11.7. The minimum atomic E-state index is -0.448. The summed E-state index contributed by atoms with van der Waals surface area (Å²) in [6, 6.07) is 0. The molecule has 3 aromatic heterocycles. The van der Waals surface area contributed by atoms with Gasteiger partial charge < -0.3 is 0 Å². The zero-order valence-electron chi connectivity index (χ0n) is 9.89. The largest absolute Gasteiger partial charge is 0.291 e. The average molecular weight is 307 g/mol. The predicted octanol–water partition coefficient (Wildman–Crippen LogP) is 1.60. The molecule has 9 heteroatoms. The van der Waals surface area contributed by atoms with Crippen LogP contribution in [0.25, 0.3) is 4.96 Å². The van der Waals surface area contributed by atoms with Crippen molar-refractivity contribution in [3.63, 3.8) is 0 Å². The van der Waals surface area contributed by atoms with E-state index in [1.165, 1.54) is 36.1 Å². The van der Waals surface area contributed by atoms with Crippen LogP contribution in [0, 0.1) is 0 Å². The number of nitrogens with zero attached hydrogens (tertiary/aromatic N) is 5. The summed E-state index contributed by atoms with van der Waals surface area (Å²) < 4.78 is 1.78. The van der Waals surface area contributed by atoms with Gasteiger partial charge in [-0.1, -0.05) is 11.6 Å². The molecule has 100 valence electrons. The quantitative estimate of drug-likeness (QED) is 0.588. The Morgan fingerprint density at radius 1 is 1.50 bits per heavy atom. The van der Waals surface area contributed by atoms with Crippen LogP contribution in [0.5, 0.6) is 0 Å². The lowest BCUT2D eigenvalue weighted by molar-refractivity contribution is 0.0949. The Labute approximate surface area is 122 Å². The predicted molar refractivity (Wildman–Crippen MR) is 75.2 cm³/mol. The molecule has 0 unspecified atom stereocenters.